The first-order chi connectivity index (χ1) is 8.09. The third-order valence-corrected chi connectivity index (χ3v) is 3.75. The van der Waals surface area contributed by atoms with Crippen LogP contribution in [0.5, 0.6) is 0 Å². The van der Waals surface area contributed by atoms with E-state index in [-0.39, 0.29) is 6.42 Å². The van der Waals surface area contributed by atoms with Gasteiger partial charge < -0.3 is 0 Å². The van der Waals surface area contributed by atoms with Crippen LogP contribution in [0.4, 0.5) is 13.2 Å². The SMILES string of the molecule is CCCCCC/C(=N\[S@@](=O)C(C)(C)C)C(F)(F)F. The smallest absolute Gasteiger partial charge is 0.234 e. The summed E-state index contributed by atoms with van der Waals surface area (Å²) >= 11 is 0. The lowest BCUT2D eigenvalue weighted by Gasteiger charge is -2.16. The van der Waals surface area contributed by atoms with Gasteiger partial charge in [-0.3, -0.25) is 0 Å². The van der Waals surface area contributed by atoms with E-state index < -0.39 is 27.6 Å². The first-order valence-electron chi connectivity index (χ1n) is 6.15. The van der Waals surface area contributed by atoms with Gasteiger partial charge in [0.1, 0.15) is 16.7 Å². The van der Waals surface area contributed by atoms with E-state index in [2.05, 4.69) is 4.40 Å². The maximum absolute atomic E-state index is 12.7. The molecular formula is C12H22F3NOS. The molecule has 0 unspecified atom stereocenters. The van der Waals surface area contributed by atoms with Crippen LogP contribution in [0.25, 0.3) is 0 Å². The molecule has 0 aromatic rings. The molecule has 0 aromatic carbocycles. The molecule has 0 saturated carbocycles. The van der Waals surface area contributed by atoms with Crippen molar-refractivity contribution in [2.75, 3.05) is 0 Å². The van der Waals surface area contributed by atoms with Crippen molar-refractivity contribution < 1.29 is 17.4 Å². The summed E-state index contributed by atoms with van der Waals surface area (Å²) in [7, 11) is -1.85. The Labute approximate surface area is 110 Å². The third-order valence-electron chi connectivity index (χ3n) is 2.31. The van der Waals surface area contributed by atoms with E-state index in [0.29, 0.717) is 6.42 Å². The van der Waals surface area contributed by atoms with Crippen LogP contribution in [0.1, 0.15) is 59.8 Å². The molecule has 18 heavy (non-hydrogen) atoms. The molecule has 0 aliphatic rings. The quantitative estimate of drug-likeness (QED) is 0.524. The summed E-state index contributed by atoms with van der Waals surface area (Å²) < 4.78 is 52.4. The van der Waals surface area contributed by atoms with Gasteiger partial charge in [0.15, 0.2) is 0 Å². The van der Waals surface area contributed by atoms with Crippen LogP contribution in [-0.4, -0.2) is 20.8 Å². The number of alkyl halides is 3. The number of hydrogen-bond donors (Lipinski definition) is 0. The highest BCUT2D eigenvalue weighted by molar-refractivity contribution is 7.85. The summed E-state index contributed by atoms with van der Waals surface area (Å²) in [5.74, 6) is 0. The first kappa shape index (κ1) is 17.6. The summed E-state index contributed by atoms with van der Waals surface area (Å²) in [5, 5.41) is 0. The van der Waals surface area contributed by atoms with Gasteiger partial charge in [-0.2, -0.15) is 17.6 Å². The van der Waals surface area contributed by atoms with E-state index in [9.17, 15) is 17.4 Å². The summed E-state index contributed by atoms with van der Waals surface area (Å²) in [4.78, 5) is 0. The molecule has 0 saturated heterocycles. The summed E-state index contributed by atoms with van der Waals surface area (Å²) in [6, 6.07) is 0. The predicted molar refractivity (Wildman–Crippen MR) is 70.1 cm³/mol. The molecule has 0 rings (SSSR count). The van der Waals surface area contributed by atoms with Crippen LogP contribution >= 0.6 is 0 Å². The van der Waals surface area contributed by atoms with Crippen LogP contribution in [0, 0.1) is 0 Å². The number of hydrogen-bond acceptors (Lipinski definition) is 1. The average Bonchev–Trinajstić information content (AvgIpc) is 2.19. The maximum atomic E-state index is 12.7. The van der Waals surface area contributed by atoms with Crippen molar-refractivity contribution in [2.45, 2.75) is 70.7 Å². The summed E-state index contributed by atoms with van der Waals surface area (Å²) in [6.45, 7) is 6.82. The maximum Gasteiger partial charge on any atom is 0.430 e. The number of nitrogens with zero attached hydrogens (tertiary/aromatic N) is 1. The highest BCUT2D eigenvalue weighted by Crippen LogP contribution is 2.24. The van der Waals surface area contributed by atoms with E-state index in [0.717, 1.165) is 19.3 Å². The Morgan fingerprint density at radius 2 is 1.67 bits per heavy atom. The molecule has 0 bridgehead atoms. The molecule has 0 N–H and O–H groups in total. The van der Waals surface area contributed by atoms with Gasteiger partial charge in [0.2, 0.25) is 0 Å². The Hall–Kier alpha value is -0.390. The predicted octanol–water partition coefficient (Wildman–Crippen LogP) is 4.42. The molecule has 0 aliphatic carbocycles. The van der Waals surface area contributed by atoms with Crippen LogP contribution in [0.2, 0.25) is 0 Å². The Bertz CT molecular complexity index is 305. The second-order valence-corrected chi connectivity index (χ2v) is 7.11. The lowest BCUT2D eigenvalue weighted by atomic mass is 10.1. The molecular weight excluding hydrogens is 263 g/mol. The van der Waals surface area contributed by atoms with Gasteiger partial charge >= 0.3 is 6.18 Å². The summed E-state index contributed by atoms with van der Waals surface area (Å²) in [5.41, 5.74) is -0.896. The molecule has 2 nitrogen and oxygen atoms in total. The minimum Gasteiger partial charge on any atom is -0.234 e. The van der Waals surface area contributed by atoms with Crippen LogP contribution in [-0.2, 0) is 11.0 Å². The monoisotopic (exact) mass is 285 g/mol. The second-order valence-electron chi connectivity index (χ2n) is 5.21. The van der Waals surface area contributed by atoms with Gasteiger partial charge in [0.25, 0.3) is 0 Å². The van der Waals surface area contributed by atoms with E-state index >= 15 is 0 Å². The number of unbranched alkanes of at least 4 members (excludes halogenated alkanes) is 3. The van der Waals surface area contributed by atoms with Crippen LogP contribution < -0.4 is 0 Å². The third kappa shape index (κ3) is 7.13. The van der Waals surface area contributed by atoms with Crippen molar-refractivity contribution in [1.82, 2.24) is 0 Å². The van der Waals surface area contributed by atoms with Crippen LogP contribution in [0.3, 0.4) is 0 Å². The lowest BCUT2D eigenvalue weighted by Crippen LogP contribution is -2.27. The van der Waals surface area contributed by atoms with Crippen molar-refractivity contribution in [1.29, 1.82) is 0 Å². The highest BCUT2D eigenvalue weighted by Gasteiger charge is 2.36. The van der Waals surface area contributed by atoms with Gasteiger partial charge in [-0.15, -0.1) is 0 Å². The molecule has 0 aliphatic heterocycles. The minimum absolute atomic E-state index is 0.147. The van der Waals surface area contributed by atoms with E-state index in [4.69, 9.17) is 0 Å². The molecule has 108 valence electrons. The molecule has 0 aromatic heterocycles. The van der Waals surface area contributed by atoms with E-state index in [1.54, 1.807) is 20.8 Å². The fourth-order valence-corrected chi connectivity index (χ4v) is 1.86. The average molecular weight is 285 g/mol. The summed E-state index contributed by atoms with van der Waals surface area (Å²) in [6.07, 6.45) is -1.57. The van der Waals surface area contributed by atoms with Gasteiger partial charge in [0.05, 0.1) is 4.75 Å². The Morgan fingerprint density at radius 1 is 1.11 bits per heavy atom. The van der Waals surface area contributed by atoms with Gasteiger partial charge in [0, 0.05) is 0 Å². The molecule has 1 atom stereocenters. The highest BCUT2D eigenvalue weighted by atomic mass is 32.2. The molecule has 0 amide bonds. The minimum atomic E-state index is -4.48. The largest absolute Gasteiger partial charge is 0.430 e. The molecule has 6 heteroatoms. The van der Waals surface area contributed by atoms with Gasteiger partial charge in [-0.05, 0) is 33.6 Å². The van der Waals surface area contributed by atoms with Gasteiger partial charge in [-0.25, -0.2) is 4.21 Å². The fraction of sp³-hybridized carbons (Fsp3) is 0.917. The fourth-order valence-electron chi connectivity index (χ4n) is 1.20. The topological polar surface area (TPSA) is 29.4 Å². The van der Waals surface area contributed by atoms with E-state index in [1.165, 1.54) is 0 Å². The van der Waals surface area contributed by atoms with Crippen molar-refractivity contribution in [3.8, 4) is 0 Å². The number of rotatable bonds is 6. The molecule has 0 fully saturated rings. The van der Waals surface area contributed by atoms with Crippen LogP contribution in [0.15, 0.2) is 4.40 Å². The van der Waals surface area contributed by atoms with E-state index in [1.807, 2.05) is 6.92 Å². The standard InChI is InChI=1S/C12H22F3NOS/c1-5-6-7-8-9-10(12(13,14)15)16-18(17)11(2,3)4/h5-9H2,1-4H3/b16-10+/t18-/m0/s1. The normalized spacial score (nSPS) is 15.8. The first-order valence-corrected chi connectivity index (χ1v) is 7.26. The molecule has 0 spiro atoms. The van der Waals surface area contributed by atoms with Crippen molar-refractivity contribution >= 4 is 16.7 Å². The van der Waals surface area contributed by atoms with Crippen molar-refractivity contribution in [3.05, 3.63) is 0 Å². The Balaban J connectivity index is 4.70. The zero-order chi connectivity index (χ0) is 14.4. The second kappa shape index (κ2) is 7.26. The van der Waals surface area contributed by atoms with Gasteiger partial charge in [-0.1, -0.05) is 26.2 Å². The molecule has 0 radical (unpaired) electrons. The Kier molecular flexibility index (Phi) is 7.10. The zero-order valence-electron chi connectivity index (χ0n) is 11.4. The zero-order valence-corrected chi connectivity index (χ0v) is 12.2. The number of halogens is 3. The van der Waals surface area contributed by atoms with Crippen molar-refractivity contribution in [2.24, 2.45) is 4.40 Å². The molecule has 0 heterocycles. The Morgan fingerprint density at radius 3 is 2.06 bits per heavy atom. The lowest BCUT2D eigenvalue weighted by molar-refractivity contribution is -0.0603. The van der Waals surface area contributed by atoms with Crippen molar-refractivity contribution in [3.63, 3.8) is 0 Å².